The predicted molar refractivity (Wildman–Crippen MR) is 102 cm³/mol. The third-order valence-electron chi connectivity index (χ3n) is 5.55. The number of hydrogen-bond donors (Lipinski definition) is 1. The molecule has 0 amide bonds. The Morgan fingerprint density at radius 3 is 2.56 bits per heavy atom. The van der Waals surface area contributed by atoms with E-state index in [1.54, 1.807) is 35.1 Å². The Bertz CT molecular complexity index is 822. The van der Waals surface area contributed by atoms with Crippen molar-refractivity contribution in [2.75, 3.05) is 32.8 Å². The van der Waals surface area contributed by atoms with Crippen molar-refractivity contribution in [3.8, 4) is 5.69 Å². The fourth-order valence-corrected chi connectivity index (χ4v) is 4.96. The minimum absolute atomic E-state index is 0.291. The Hall–Kier alpha value is -1.74. The quantitative estimate of drug-likeness (QED) is 0.812. The SMILES string of the molecule is O=S(=O)(NCC1CCN([C@H]2CCOC2)CC1)c1ccc(-n2cccn2)cc1. The standard InChI is InChI=1S/C19H26N4O3S/c24-27(25,19-4-2-17(3-5-19)23-10-1-9-20-23)21-14-16-6-11-22(12-7-16)18-8-13-26-15-18/h1-5,9-10,16,18,21H,6-8,11-15H2/t18-/m0/s1. The highest BCUT2D eigenvalue weighted by Gasteiger charge is 2.28. The fraction of sp³-hybridized carbons (Fsp3) is 0.526. The predicted octanol–water partition coefficient (Wildman–Crippen LogP) is 1.65. The summed E-state index contributed by atoms with van der Waals surface area (Å²) in [6, 6.07) is 9.17. The van der Waals surface area contributed by atoms with Gasteiger partial charge in [-0.3, -0.25) is 4.90 Å². The van der Waals surface area contributed by atoms with Crippen LogP contribution in [0, 0.1) is 5.92 Å². The molecule has 0 unspecified atom stereocenters. The number of likely N-dealkylation sites (tertiary alicyclic amines) is 1. The Kier molecular flexibility index (Phi) is 5.58. The van der Waals surface area contributed by atoms with Gasteiger partial charge in [0, 0.05) is 31.6 Å². The molecule has 8 heteroatoms. The van der Waals surface area contributed by atoms with Crippen molar-refractivity contribution < 1.29 is 13.2 Å². The van der Waals surface area contributed by atoms with E-state index in [2.05, 4.69) is 14.7 Å². The highest BCUT2D eigenvalue weighted by atomic mass is 32.2. The van der Waals surface area contributed by atoms with E-state index >= 15 is 0 Å². The molecule has 2 aliphatic rings. The highest BCUT2D eigenvalue weighted by molar-refractivity contribution is 7.89. The van der Waals surface area contributed by atoms with Crippen LogP contribution in [0.1, 0.15) is 19.3 Å². The average molecular weight is 391 g/mol. The Morgan fingerprint density at radius 1 is 1.15 bits per heavy atom. The molecule has 2 aliphatic heterocycles. The number of rotatable bonds is 6. The molecule has 1 N–H and O–H groups in total. The summed E-state index contributed by atoms with van der Waals surface area (Å²) in [5.41, 5.74) is 0.835. The number of sulfonamides is 1. The van der Waals surface area contributed by atoms with Gasteiger partial charge in [-0.25, -0.2) is 17.8 Å². The summed E-state index contributed by atoms with van der Waals surface area (Å²) < 4.78 is 35.1. The highest BCUT2D eigenvalue weighted by Crippen LogP contribution is 2.22. The maximum Gasteiger partial charge on any atom is 0.240 e. The number of hydrogen-bond acceptors (Lipinski definition) is 5. The normalized spacial score (nSPS) is 22.3. The third-order valence-corrected chi connectivity index (χ3v) is 6.99. The number of benzene rings is 1. The largest absolute Gasteiger partial charge is 0.380 e. The van der Waals surface area contributed by atoms with Crippen molar-refractivity contribution in [1.29, 1.82) is 0 Å². The average Bonchev–Trinajstić information content (AvgIpc) is 3.41. The van der Waals surface area contributed by atoms with Gasteiger partial charge in [0.1, 0.15) is 0 Å². The van der Waals surface area contributed by atoms with Gasteiger partial charge in [-0.05, 0) is 68.6 Å². The Morgan fingerprint density at radius 2 is 1.93 bits per heavy atom. The van der Waals surface area contributed by atoms with Crippen molar-refractivity contribution in [3.05, 3.63) is 42.7 Å². The lowest BCUT2D eigenvalue weighted by atomic mass is 9.96. The Balaban J connectivity index is 1.30. The number of nitrogens with one attached hydrogen (secondary N) is 1. The van der Waals surface area contributed by atoms with Crippen LogP contribution >= 0.6 is 0 Å². The molecule has 0 bridgehead atoms. The van der Waals surface area contributed by atoms with Gasteiger partial charge in [-0.1, -0.05) is 0 Å². The molecule has 0 saturated carbocycles. The second kappa shape index (κ2) is 8.10. The molecule has 1 aromatic carbocycles. The van der Waals surface area contributed by atoms with Crippen LogP contribution in [0.4, 0.5) is 0 Å². The number of aromatic nitrogens is 2. The Labute approximate surface area is 160 Å². The van der Waals surface area contributed by atoms with Crippen LogP contribution in [-0.4, -0.2) is 62.0 Å². The van der Waals surface area contributed by atoms with E-state index in [-0.39, 0.29) is 0 Å². The molecule has 1 atom stereocenters. The van der Waals surface area contributed by atoms with E-state index in [1.165, 1.54) is 0 Å². The molecule has 4 rings (SSSR count). The van der Waals surface area contributed by atoms with Crippen molar-refractivity contribution in [3.63, 3.8) is 0 Å². The minimum Gasteiger partial charge on any atom is -0.380 e. The molecule has 0 radical (unpaired) electrons. The number of piperidine rings is 1. The first kappa shape index (κ1) is 18.6. The number of ether oxygens (including phenoxy) is 1. The zero-order chi connectivity index (χ0) is 18.7. The molecule has 7 nitrogen and oxygen atoms in total. The molecule has 2 aromatic rings. The van der Waals surface area contributed by atoms with E-state index in [4.69, 9.17) is 4.74 Å². The second-order valence-corrected chi connectivity index (χ2v) is 9.06. The lowest BCUT2D eigenvalue weighted by molar-refractivity contribution is 0.111. The van der Waals surface area contributed by atoms with Gasteiger partial charge >= 0.3 is 0 Å². The second-order valence-electron chi connectivity index (χ2n) is 7.29. The lowest BCUT2D eigenvalue weighted by Gasteiger charge is -2.35. The van der Waals surface area contributed by atoms with E-state index in [0.29, 0.717) is 23.4 Å². The van der Waals surface area contributed by atoms with Crippen molar-refractivity contribution in [2.45, 2.75) is 30.2 Å². The summed E-state index contributed by atoms with van der Waals surface area (Å²) in [7, 11) is -3.49. The van der Waals surface area contributed by atoms with E-state index < -0.39 is 10.0 Å². The van der Waals surface area contributed by atoms with E-state index in [1.807, 2.05) is 12.3 Å². The van der Waals surface area contributed by atoms with Crippen LogP contribution in [-0.2, 0) is 14.8 Å². The summed E-state index contributed by atoms with van der Waals surface area (Å²) in [4.78, 5) is 2.78. The first-order valence-corrected chi connectivity index (χ1v) is 11.0. The molecular formula is C19H26N4O3S. The zero-order valence-corrected chi connectivity index (χ0v) is 16.1. The smallest absolute Gasteiger partial charge is 0.240 e. The lowest BCUT2D eigenvalue weighted by Crippen LogP contribution is -2.43. The minimum atomic E-state index is -3.49. The van der Waals surface area contributed by atoms with E-state index in [9.17, 15) is 8.42 Å². The molecule has 0 aliphatic carbocycles. The summed E-state index contributed by atoms with van der Waals surface area (Å²) in [6.07, 6.45) is 6.68. The van der Waals surface area contributed by atoms with Crippen LogP contribution in [0.2, 0.25) is 0 Å². The molecule has 2 fully saturated rings. The molecule has 0 spiro atoms. The van der Waals surface area contributed by atoms with Gasteiger partial charge in [-0.2, -0.15) is 5.10 Å². The monoisotopic (exact) mass is 390 g/mol. The summed E-state index contributed by atoms with van der Waals surface area (Å²) in [5.74, 6) is 0.390. The van der Waals surface area contributed by atoms with E-state index in [0.717, 1.165) is 51.3 Å². The molecular weight excluding hydrogens is 364 g/mol. The van der Waals surface area contributed by atoms with Crippen LogP contribution in [0.15, 0.2) is 47.6 Å². The maximum atomic E-state index is 12.6. The molecule has 1 aromatic heterocycles. The van der Waals surface area contributed by atoms with Crippen LogP contribution in [0.3, 0.4) is 0 Å². The molecule has 27 heavy (non-hydrogen) atoms. The van der Waals surface area contributed by atoms with Gasteiger partial charge in [0.2, 0.25) is 10.0 Å². The zero-order valence-electron chi connectivity index (χ0n) is 15.3. The van der Waals surface area contributed by atoms with Gasteiger partial charge in [0.25, 0.3) is 0 Å². The van der Waals surface area contributed by atoms with Crippen LogP contribution in [0.25, 0.3) is 5.69 Å². The maximum absolute atomic E-state index is 12.6. The van der Waals surface area contributed by atoms with Crippen molar-refractivity contribution in [2.24, 2.45) is 5.92 Å². The molecule has 3 heterocycles. The molecule has 2 saturated heterocycles. The van der Waals surface area contributed by atoms with Crippen molar-refractivity contribution in [1.82, 2.24) is 19.4 Å². The summed E-state index contributed by atoms with van der Waals surface area (Å²) >= 11 is 0. The topological polar surface area (TPSA) is 76.5 Å². The summed E-state index contributed by atoms with van der Waals surface area (Å²) in [6.45, 7) is 4.26. The van der Waals surface area contributed by atoms with Gasteiger partial charge in [0.05, 0.1) is 17.2 Å². The first-order valence-electron chi connectivity index (χ1n) is 9.53. The van der Waals surface area contributed by atoms with Crippen molar-refractivity contribution >= 4 is 10.0 Å². The van der Waals surface area contributed by atoms with Gasteiger partial charge in [-0.15, -0.1) is 0 Å². The number of nitrogens with zero attached hydrogens (tertiary/aromatic N) is 3. The first-order chi connectivity index (χ1) is 13.1. The van der Waals surface area contributed by atoms with Crippen LogP contribution in [0.5, 0.6) is 0 Å². The third kappa shape index (κ3) is 4.40. The summed E-state index contributed by atoms with van der Waals surface area (Å²) in [5, 5.41) is 4.15. The van der Waals surface area contributed by atoms with Gasteiger partial charge in [0.15, 0.2) is 0 Å². The fourth-order valence-electron chi connectivity index (χ4n) is 3.84. The van der Waals surface area contributed by atoms with Gasteiger partial charge < -0.3 is 4.74 Å². The van der Waals surface area contributed by atoms with Crippen LogP contribution < -0.4 is 4.72 Å². The molecule has 146 valence electrons.